The standard InChI is InChI=1S/C11H21NO3/c13-11(4-1-2-5-11)8-12-7-10-3-6-14-9-15-10/h10,12-13H,1-9H2. The number of hydrogen-bond acceptors (Lipinski definition) is 4. The molecular formula is C11H21NO3. The smallest absolute Gasteiger partial charge is 0.147 e. The zero-order valence-electron chi connectivity index (χ0n) is 9.21. The highest BCUT2D eigenvalue weighted by Crippen LogP contribution is 2.28. The van der Waals surface area contributed by atoms with E-state index in [1.165, 1.54) is 0 Å². The van der Waals surface area contributed by atoms with Gasteiger partial charge in [-0.1, -0.05) is 12.8 Å². The van der Waals surface area contributed by atoms with Gasteiger partial charge in [0.25, 0.3) is 0 Å². The van der Waals surface area contributed by atoms with Crippen LogP contribution in [-0.4, -0.2) is 43.3 Å². The lowest BCUT2D eigenvalue weighted by atomic mass is 10.0. The van der Waals surface area contributed by atoms with Crippen molar-refractivity contribution in [2.75, 3.05) is 26.5 Å². The van der Waals surface area contributed by atoms with Crippen LogP contribution in [0.25, 0.3) is 0 Å². The molecule has 0 amide bonds. The van der Waals surface area contributed by atoms with E-state index >= 15 is 0 Å². The van der Waals surface area contributed by atoms with E-state index in [1.807, 2.05) is 0 Å². The second-order valence-corrected chi connectivity index (χ2v) is 4.67. The summed E-state index contributed by atoms with van der Waals surface area (Å²) in [6.07, 6.45) is 5.40. The molecule has 4 nitrogen and oxygen atoms in total. The SMILES string of the molecule is OC1(CNCC2CCOCO2)CCCC1. The third-order valence-electron chi connectivity index (χ3n) is 3.33. The predicted molar refractivity (Wildman–Crippen MR) is 56.6 cm³/mol. The van der Waals surface area contributed by atoms with E-state index in [-0.39, 0.29) is 6.10 Å². The molecule has 0 aromatic carbocycles. The topological polar surface area (TPSA) is 50.7 Å². The minimum atomic E-state index is -0.453. The summed E-state index contributed by atoms with van der Waals surface area (Å²) < 4.78 is 10.5. The Labute approximate surface area is 90.9 Å². The lowest BCUT2D eigenvalue weighted by Crippen LogP contribution is -2.42. The fraction of sp³-hybridized carbons (Fsp3) is 1.00. The maximum atomic E-state index is 10.1. The lowest BCUT2D eigenvalue weighted by molar-refractivity contribution is -0.137. The summed E-state index contributed by atoms with van der Waals surface area (Å²) in [5, 5.41) is 13.4. The zero-order chi connectivity index (χ0) is 10.6. The molecule has 0 bridgehead atoms. The monoisotopic (exact) mass is 215 g/mol. The highest BCUT2D eigenvalue weighted by Gasteiger charge is 2.30. The molecule has 1 atom stereocenters. The van der Waals surface area contributed by atoms with E-state index in [4.69, 9.17) is 9.47 Å². The van der Waals surface area contributed by atoms with Gasteiger partial charge in [-0.05, 0) is 19.3 Å². The molecular weight excluding hydrogens is 194 g/mol. The van der Waals surface area contributed by atoms with E-state index in [0.717, 1.165) is 45.3 Å². The number of aliphatic hydroxyl groups is 1. The number of hydrogen-bond donors (Lipinski definition) is 2. The molecule has 2 rings (SSSR count). The van der Waals surface area contributed by atoms with Crippen LogP contribution in [0, 0.1) is 0 Å². The molecule has 2 N–H and O–H groups in total. The van der Waals surface area contributed by atoms with Gasteiger partial charge in [-0.3, -0.25) is 0 Å². The summed E-state index contributed by atoms with van der Waals surface area (Å²) in [5.74, 6) is 0. The van der Waals surface area contributed by atoms with Crippen molar-refractivity contribution < 1.29 is 14.6 Å². The highest BCUT2D eigenvalue weighted by molar-refractivity contribution is 4.86. The van der Waals surface area contributed by atoms with Gasteiger partial charge >= 0.3 is 0 Å². The fourth-order valence-corrected chi connectivity index (χ4v) is 2.34. The molecule has 0 aromatic heterocycles. The van der Waals surface area contributed by atoms with Crippen LogP contribution in [0.5, 0.6) is 0 Å². The second-order valence-electron chi connectivity index (χ2n) is 4.67. The zero-order valence-corrected chi connectivity index (χ0v) is 9.21. The maximum absolute atomic E-state index is 10.1. The minimum Gasteiger partial charge on any atom is -0.389 e. The lowest BCUT2D eigenvalue weighted by Gasteiger charge is -2.26. The summed E-state index contributed by atoms with van der Waals surface area (Å²) in [7, 11) is 0. The molecule has 0 aromatic rings. The fourth-order valence-electron chi connectivity index (χ4n) is 2.34. The molecule has 1 unspecified atom stereocenters. The van der Waals surface area contributed by atoms with Gasteiger partial charge in [-0.15, -0.1) is 0 Å². The van der Waals surface area contributed by atoms with Gasteiger partial charge in [-0.2, -0.15) is 0 Å². The number of nitrogens with one attached hydrogen (secondary N) is 1. The molecule has 2 aliphatic rings. The molecule has 88 valence electrons. The van der Waals surface area contributed by atoms with Crippen molar-refractivity contribution in [1.29, 1.82) is 0 Å². The van der Waals surface area contributed by atoms with Crippen LogP contribution < -0.4 is 5.32 Å². The van der Waals surface area contributed by atoms with Gasteiger partial charge in [0.05, 0.1) is 18.3 Å². The van der Waals surface area contributed by atoms with Crippen molar-refractivity contribution in [3.8, 4) is 0 Å². The van der Waals surface area contributed by atoms with Crippen molar-refractivity contribution in [3.63, 3.8) is 0 Å². The van der Waals surface area contributed by atoms with Crippen LogP contribution >= 0.6 is 0 Å². The van der Waals surface area contributed by atoms with Crippen LogP contribution in [0.4, 0.5) is 0 Å². The maximum Gasteiger partial charge on any atom is 0.147 e. The Balaban J connectivity index is 1.61. The number of ether oxygens (including phenoxy) is 2. The summed E-state index contributed by atoms with van der Waals surface area (Å²) >= 11 is 0. The van der Waals surface area contributed by atoms with E-state index in [9.17, 15) is 5.11 Å². The molecule has 15 heavy (non-hydrogen) atoms. The molecule has 1 aliphatic carbocycles. The van der Waals surface area contributed by atoms with Crippen molar-refractivity contribution in [2.45, 2.75) is 43.8 Å². The molecule has 1 aliphatic heterocycles. The normalized spacial score (nSPS) is 30.6. The van der Waals surface area contributed by atoms with Crippen molar-refractivity contribution in [1.82, 2.24) is 5.32 Å². The molecule has 0 radical (unpaired) electrons. The van der Waals surface area contributed by atoms with Crippen LogP contribution in [0.3, 0.4) is 0 Å². The Bertz CT molecular complexity index is 186. The third kappa shape index (κ3) is 3.41. The Morgan fingerprint density at radius 1 is 1.33 bits per heavy atom. The van der Waals surface area contributed by atoms with Crippen molar-refractivity contribution in [3.05, 3.63) is 0 Å². The van der Waals surface area contributed by atoms with Gasteiger partial charge in [0.15, 0.2) is 0 Å². The van der Waals surface area contributed by atoms with Gasteiger partial charge in [0.2, 0.25) is 0 Å². The average Bonchev–Trinajstić information content (AvgIpc) is 2.67. The van der Waals surface area contributed by atoms with Crippen LogP contribution in [-0.2, 0) is 9.47 Å². The molecule has 0 spiro atoms. The number of rotatable bonds is 4. The summed E-state index contributed by atoms with van der Waals surface area (Å²) in [6, 6.07) is 0. The van der Waals surface area contributed by atoms with E-state index < -0.39 is 5.60 Å². The average molecular weight is 215 g/mol. The van der Waals surface area contributed by atoms with Gasteiger partial charge < -0.3 is 19.9 Å². The van der Waals surface area contributed by atoms with E-state index in [2.05, 4.69) is 5.32 Å². The summed E-state index contributed by atoms with van der Waals surface area (Å²) in [5.41, 5.74) is -0.453. The third-order valence-corrected chi connectivity index (χ3v) is 3.33. The first-order chi connectivity index (χ1) is 7.29. The summed E-state index contributed by atoms with van der Waals surface area (Å²) in [4.78, 5) is 0. The summed E-state index contributed by atoms with van der Waals surface area (Å²) in [6.45, 7) is 2.73. The second kappa shape index (κ2) is 5.25. The highest BCUT2D eigenvalue weighted by atomic mass is 16.7. The van der Waals surface area contributed by atoms with Gasteiger partial charge in [0, 0.05) is 13.1 Å². The van der Waals surface area contributed by atoms with Crippen LogP contribution in [0.2, 0.25) is 0 Å². The first-order valence-electron chi connectivity index (χ1n) is 5.91. The van der Waals surface area contributed by atoms with E-state index in [1.54, 1.807) is 0 Å². The van der Waals surface area contributed by atoms with E-state index in [0.29, 0.717) is 13.3 Å². The minimum absolute atomic E-state index is 0.253. The Morgan fingerprint density at radius 3 is 2.80 bits per heavy atom. The van der Waals surface area contributed by atoms with Gasteiger partial charge in [-0.25, -0.2) is 0 Å². The first-order valence-corrected chi connectivity index (χ1v) is 5.91. The largest absolute Gasteiger partial charge is 0.389 e. The van der Waals surface area contributed by atoms with Crippen molar-refractivity contribution in [2.24, 2.45) is 0 Å². The molecule has 2 fully saturated rings. The molecule has 1 saturated carbocycles. The first kappa shape index (κ1) is 11.3. The Hall–Kier alpha value is -0.160. The van der Waals surface area contributed by atoms with Crippen molar-refractivity contribution >= 4 is 0 Å². The molecule has 1 heterocycles. The molecule has 1 saturated heterocycles. The molecule has 4 heteroatoms. The Morgan fingerprint density at radius 2 is 2.13 bits per heavy atom. The van der Waals surface area contributed by atoms with Gasteiger partial charge in [0.1, 0.15) is 6.79 Å². The van der Waals surface area contributed by atoms with Crippen LogP contribution in [0.1, 0.15) is 32.1 Å². The predicted octanol–water partition coefficient (Wildman–Crippen LogP) is 0.644. The van der Waals surface area contributed by atoms with Crippen LogP contribution in [0.15, 0.2) is 0 Å². The Kier molecular flexibility index (Phi) is 3.97. The quantitative estimate of drug-likeness (QED) is 0.723.